The van der Waals surface area contributed by atoms with Crippen LogP contribution in [0, 0.1) is 0 Å². The van der Waals surface area contributed by atoms with Gasteiger partial charge in [-0.2, -0.15) is 0 Å². The first-order valence-electron chi connectivity index (χ1n) is 6.90. The summed E-state index contributed by atoms with van der Waals surface area (Å²) in [5.41, 5.74) is 2.31. The van der Waals surface area contributed by atoms with Crippen LogP contribution >= 0.6 is 0 Å². The van der Waals surface area contributed by atoms with Gasteiger partial charge in [-0.15, -0.1) is 0 Å². The molecule has 0 bridgehead atoms. The van der Waals surface area contributed by atoms with E-state index in [2.05, 4.69) is 9.97 Å². The highest BCUT2D eigenvalue weighted by molar-refractivity contribution is 5.88. The van der Waals surface area contributed by atoms with Gasteiger partial charge in [0.25, 0.3) is 5.56 Å². The summed E-state index contributed by atoms with van der Waals surface area (Å²) in [6.45, 7) is 0. The van der Waals surface area contributed by atoms with Crippen molar-refractivity contribution in [1.29, 1.82) is 0 Å². The Morgan fingerprint density at radius 3 is 2.86 bits per heavy atom. The Bertz CT molecular complexity index is 1050. The Balaban J connectivity index is 2.03. The molecule has 5 nitrogen and oxygen atoms in total. The molecule has 2 aromatic heterocycles. The highest BCUT2D eigenvalue weighted by Crippen LogP contribution is 2.21. The summed E-state index contributed by atoms with van der Waals surface area (Å²) in [5, 5.41) is 1.51. The summed E-state index contributed by atoms with van der Waals surface area (Å²) in [4.78, 5) is 20.3. The molecule has 2 aromatic carbocycles. The lowest BCUT2D eigenvalue weighted by Crippen LogP contribution is -2.18. The Hall–Kier alpha value is -3.08. The predicted molar refractivity (Wildman–Crippen MR) is 85.7 cm³/mol. The summed E-state index contributed by atoms with van der Waals surface area (Å²) >= 11 is 0. The summed E-state index contributed by atoms with van der Waals surface area (Å²) in [6.07, 6.45) is 3.38. The standard InChI is InChI=1S/C17H13N3O2/c1-22-11-6-7-15-13(8-11)17(21)20(10-19-15)16-9-18-14-5-3-2-4-12(14)16/h2-10,18H,1H3. The number of fused-ring (bicyclic) bond motifs is 2. The average Bonchev–Trinajstić information content (AvgIpc) is 2.99. The fourth-order valence-corrected chi connectivity index (χ4v) is 2.66. The van der Waals surface area contributed by atoms with Crippen LogP contribution in [0.2, 0.25) is 0 Å². The zero-order chi connectivity index (χ0) is 15.1. The minimum Gasteiger partial charge on any atom is -0.497 e. The molecule has 0 saturated heterocycles. The molecule has 0 spiro atoms. The monoisotopic (exact) mass is 291 g/mol. The van der Waals surface area contributed by atoms with E-state index in [1.807, 2.05) is 30.5 Å². The minimum absolute atomic E-state index is 0.117. The van der Waals surface area contributed by atoms with Crippen molar-refractivity contribution in [3.8, 4) is 11.4 Å². The highest BCUT2D eigenvalue weighted by atomic mass is 16.5. The van der Waals surface area contributed by atoms with Gasteiger partial charge in [0.05, 0.1) is 23.7 Å². The van der Waals surface area contributed by atoms with Crippen LogP contribution in [-0.2, 0) is 0 Å². The van der Waals surface area contributed by atoms with E-state index in [1.165, 1.54) is 0 Å². The summed E-state index contributed by atoms with van der Waals surface area (Å²) in [7, 11) is 1.58. The Morgan fingerprint density at radius 1 is 1.14 bits per heavy atom. The van der Waals surface area contributed by atoms with Crippen LogP contribution in [0.1, 0.15) is 0 Å². The van der Waals surface area contributed by atoms with Crippen molar-refractivity contribution < 1.29 is 4.74 Å². The first-order valence-corrected chi connectivity index (χ1v) is 6.90. The topological polar surface area (TPSA) is 59.9 Å². The Kier molecular flexibility index (Phi) is 2.72. The molecule has 0 radical (unpaired) electrons. The van der Waals surface area contributed by atoms with Crippen LogP contribution in [0.5, 0.6) is 5.75 Å². The van der Waals surface area contributed by atoms with Gasteiger partial charge in [-0.05, 0) is 24.3 Å². The largest absolute Gasteiger partial charge is 0.497 e. The Labute approximate surface area is 125 Å². The maximum atomic E-state index is 12.8. The van der Waals surface area contributed by atoms with Crippen molar-refractivity contribution in [3.63, 3.8) is 0 Å². The van der Waals surface area contributed by atoms with Crippen LogP contribution in [-0.4, -0.2) is 21.6 Å². The van der Waals surface area contributed by atoms with Crippen molar-refractivity contribution >= 4 is 21.8 Å². The van der Waals surface area contributed by atoms with Crippen molar-refractivity contribution in [2.45, 2.75) is 0 Å². The zero-order valence-electron chi connectivity index (χ0n) is 11.9. The summed E-state index contributed by atoms with van der Waals surface area (Å²) < 4.78 is 6.75. The number of para-hydroxylation sites is 1. The number of H-pyrrole nitrogens is 1. The van der Waals surface area contributed by atoms with Crippen molar-refractivity contribution in [3.05, 3.63) is 65.3 Å². The van der Waals surface area contributed by atoms with Crippen LogP contribution in [0.25, 0.3) is 27.5 Å². The lowest BCUT2D eigenvalue weighted by Gasteiger charge is -2.06. The third kappa shape index (κ3) is 1.79. The second kappa shape index (κ2) is 4.73. The fourth-order valence-electron chi connectivity index (χ4n) is 2.66. The van der Waals surface area contributed by atoms with Crippen LogP contribution in [0.15, 0.2) is 59.8 Å². The van der Waals surface area contributed by atoms with E-state index in [0.29, 0.717) is 16.7 Å². The number of benzene rings is 2. The smallest absolute Gasteiger partial charge is 0.265 e. The second-order valence-electron chi connectivity index (χ2n) is 5.02. The van der Waals surface area contributed by atoms with Gasteiger partial charge >= 0.3 is 0 Å². The number of methoxy groups -OCH3 is 1. The van der Waals surface area contributed by atoms with Gasteiger partial charge in [0, 0.05) is 17.1 Å². The van der Waals surface area contributed by atoms with Crippen molar-refractivity contribution in [1.82, 2.24) is 14.5 Å². The summed E-state index contributed by atoms with van der Waals surface area (Å²) in [6, 6.07) is 13.2. The third-order valence-corrected chi connectivity index (χ3v) is 3.79. The average molecular weight is 291 g/mol. The lowest BCUT2D eigenvalue weighted by molar-refractivity contribution is 0.415. The molecule has 0 saturated carbocycles. The van der Waals surface area contributed by atoms with Gasteiger partial charge in [-0.25, -0.2) is 4.98 Å². The molecule has 0 unspecified atom stereocenters. The molecular formula is C17H13N3O2. The molecule has 0 atom stereocenters. The number of aromatic nitrogens is 3. The number of ether oxygens (including phenoxy) is 1. The molecule has 4 rings (SSSR count). The normalized spacial score (nSPS) is 11.1. The van der Waals surface area contributed by atoms with Crippen LogP contribution < -0.4 is 10.3 Å². The van der Waals surface area contributed by atoms with Gasteiger partial charge in [0.2, 0.25) is 0 Å². The first-order chi connectivity index (χ1) is 10.8. The van der Waals surface area contributed by atoms with Crippen LogP contribution in [0.3, 0.4) is 0 Å². The minimum atomic E-state index is -0.117. The Morgan fingerprint density at radius 2 is 2.00 bits per heavy atom. The van der Waals surface area contributed by atoms with Gasteiger partial charge in [0.15, 0.2) is 0 Å². The molecular weight excluding hydrogens is 278 g/mol. The molecule has 0 aliphatic heterocycles. The SMILES string of the molecule is COc1ccc2ncn(-c3c[nH]c4ccccc34)c(=O)c2c1. The molecule has 4 aromatic rings. The van der Waals surface area contributed by atoms with Crippen molar-refractivity contribution in [2.24, 2.45) is 0 Å². The van der Waals surface area contributed by atoms with Gasteiger partial charge in [0.1, 0.15) is 12.1 Å². The third-order valence-electron chi connectivity index (χ3n) is 3.79. The lowest BCUT2D eigenvalue weighted by atomic mass is 10.2. The van der Waals surface area contributed by atoms with E-state index < -0.39 is 0 Å². The van der Waals surface area contributed by atoms with E-state index in [9.17, 15) is 4.79 Å². The molecule has 0 aliphatic rings. The molecule has 108 valence electrons. The molecule has 0 aliphatic carbocycles. The van der Waals surface area contributed by atoms with E-state index in [4.69, 9.17) is 4.74 Å². The maximum Gasteiger partial charge on any atom is 0.265 e. The molecule has 5 heteroatoms. The van der Waals surface area contributed by atoms with Crippen molar-refractivity contribution in [2.75, 3.05) is 7.11 Å². The number of hydrogen-bond donors (Lipinski definition) is 1. The van der Waals surface area contributed by atoms with Crippen LogP contribution in [0.4, 0.5) is 0 Å². The van der Waals surface area contributed by atoms with E-state index in [-0.39, 0.29) is 5.56 Å². The van der Waals surface area contributed by atoms with E-state index >= 15 is 0 Å². The zero-order valence-corrected chi connectivity index (χ0v) is 11.9. The summed E-state index contributed by atoms with van der Waals surface area (Å²) in [5.74, 6) is 0.642. The fraction of sp³-hybridized carbons (Fsp3) is 0.0588. The molecule has 0 fully saturated rings. The van der Waals surface area contributed by atoms with Gasteiger partial charge in [-0.1, -0.05) is 18.2 Å². The molecule has 2 heterocycles. The number of hydrogen-bond acceptors (Lipinski definition) is 3. The maximum absolute atomic E-state index is 12.8. The number of aromatic amines is 1. The first kappa shape index (κ1) is 12.6. The predicted octanol–water partition coefficient (Wildman–Crippen LogP) is 2.88. The number of nitrogens with zero attached hydrogens (tertiary/aromatic N) is 2. The molecule has 22 heavy (non-hydrogen) atoms. The quantitative estimate of drug-likeness (QED) is 0.618. The molecule has 0 amide bonds. The van der Waals surface area contributed by atoms with E-state index in [0.717, 1.165) is 16.6 Å². The molecule has 1 N–H and O–H groups in total. The number of rotatable bonds is 2. The second-order valence-corrected chi connectivity index (χ2v) is 5.02. The van der Waals surface area contributed by atoms with Gasteiger partial charge in [-0.3, -0.25) is 9.36 Å². The van der Waals surface area contributed by atoms with Gasteiger partial charge < -0.3 is 9.72 Å². The highest BCUT2D eigenvalue weighted by Gasteiger charge is 2.10. The van der Waals surface area contributed by atoms with E-state index in [1.54, 1.807) is 36.2 Å². The number of nitrogens with one attached hydrogen (secondary N) is 1.